The van der Waals surface area contributed by atoms with E-state index in [9.17, 15) is 9.18 Å². The van der Waals surface area contributed by atoms with E-state index < -0.39 is 11.6 Å². The number of halogens is 1. The van der Waals surface area contributed by atoms with Gasteiger partial charge >= 0.3 is 0 Å². The molecule has 0 aliphatic heterocycles. The van der Waals surface area contributed by atoms with Gasteiger partial charge in [0.1, 0.15) is 11.3 Å². The average Bonchev–Trinajstić information content (AvgIpc) is 3.26. The minimum absolute atomic E-state index is 0.0770. The van der Waals surface area contributed by atoms with Gasteiger partial charge in [0.2, 0.25) is 11.6 Å². The van der Waals surface area contributed by atoms with Gasteiger partial charge in [-0.1, -0.05) is 30.3 Å². The first kappa shape index (κ1) is 21.1. The van der Waals surface area contributed by atoms with Crippen LogP contribution in [0.4, 0.5) is 4.39 Å². The van der Waals surface area contributed by atoms with Crippen molar-refractivity contribution in [2.24, 2.45) is 0 Å². The van der Waals surface area contributed by atoms with Gasteiger partial charge in [0.05, 0.1) is 26.9 Å². The van der Waals surface area contributed by atoms with E-state index in [0.29, 0.717) is 28.3 Å². The fraction of sp³-hybridized carbons (Fsp3) is 0.120. The molecule has 0 saturated carbocycles. The van der Waals surface area contributed by atoms with E-state index in [1.807, 2.05) is 6.07 Å². The van der Waals surface area contributed by atoms with Crippen molar-refractivity contribution in [2.45, 2.75) is 0 Å². The molecular formula is C25H20FNO5. The number of methoxy groups -OCH3 is 3. The first-order valence-electron chi connectivity index (χ1n) is 9.72. The van der Waals surface area contributed by atoms with Gasteiger partial charge in [0, 0.05) is 11.1 Å². The van der Waals surface area contributed by atoms with Crippen LogP contribution in [-0.2, 0) is 0 Å². The summed E-state index contributed by atoms with van der Waals surface area (Å²) in [7, 11) is 4.40. The number of fused-ring (bicyclic) bond motifs is 1. The third-order valence-electron chi connectivity index (χ3n) is 4.90. The maximum Gasteiger partial charge on any atom is 0.231 e. The monoisotopic (exact) mass is 433 g/mol. The number of allylic oxidation sites excluding steroid dienone is 1. The van der Waals surface area contributed by atoms with Crippen LogP contribution in [0.15, 0.2) is 65.1 Å². The SMILES string of the molecule is COc1cc(C(=O)C(=Cc2ccccc2F)c2nc3ccccc3o2)cc(OC)c1OC. The van der Waals surface area contributed by atoms with E-state index in [1.165, 1.54) is 45.6 Å². The Kier molecular flexibility index (Phi) is 5.89. The van der Waals surface area contributed by atoms with Gasteiger partial charge in [-0.15, -0.1) is 0 Å². The second kappa shape index (κ2) is 8.93. The molecule has 0 fully saturated rings. The van der Waals surface area contributed by atoms with Crippen molar-refractivity contribution in [1.82, 2.24) is 4.98 Å². The van der Waals surface area contributed by atoms with Gasteiger partial charge in [0.15, 0.2) is 22.9 Å². The molecule has 0 atom stereocenters. The van der Waals surface area contributed by atoms with Gasteiger partial charge in [0.25, 0.3) is 0 Å². The largest absolute Gasteiger partial charge is 0.493 e. The number of carbonyl (C=O) groups is 1. The number of rotatable bonds is 7. The number of hydrogen-bond donors (Lipinski definition) is 0. The van der Waals surface area contributed by atoms with E-state index in [-0.39, 0.29) is 22.6 Å². The van der Waals surface area contributed by atoms with Crippen molar-refractivity contribution in [3.63, 3.8) is 0 Å². The predicted octanol–water partition coefficient (Wildman–Crippen LogP) is 5.42. The lowest BCUT2D eigenvalue weighted by molar-refractivity contribution is 0.105. The van der Waals surface area contributed by atoms with Crippen LogP contribution in [0.3, 0.4) is 0 Å². The van der Waals surface area contributed by atoms with Crippen LogP contribution < -0.4 is 14.2 Å². The second-order valence-corrected chi connectivity index (χ2v) is 6.81. The highest BCUT2D eigenvalue weighted by molar-refractivity contribution is 6.31. The standard InChI is InChI=1S/C25H20FNO5/c1-29-21-13-16(14-22(30-2)24(21)31-3)23(28)17(12-15-8-4-5-9-18(15)26)25-27-19-10-6-7-11-20(19)32-25/h4-14H,1-3H3. The zero-order chi connectivity index (χ0) is 22.7. The quantitative estimate of drug-likeness (QED) is 0.286. The van der Waals surface area contributed by atoms with Crippen molar-refractivity contribution in [2.75, 3.05) is 21.3 Å². The summed E-state index contributed by atoms with van der Waals surface area (Å²) in [5.41, 5.74) is 1.65. The van der Waals surface area contributed by atoms with E-state index in [2.05, 4.69) is 4.98 Å². The fourth-order valence-electron chi connectivity index (χ4n) is 3.33. The molecule has 0 radical (unpaired) electrons. The smallest absolute Gasteiger partial charge is 0.231 e. The van der Waals surface area contributed by atoms with Crippen molar-refractivity contribution in [3.8, 4) is 17.2 Å². The molecule has 32 heavy (non-hydrogen) atoms. The summed E-state index contributed by atoms with van der Waals surface area (Å²) in [5.74, 6) is 0.148. The summed E-state index contributed by atoms with van der Waals surface area (Å²) in [6, 6.07) is 16.3. The summed E-state index contributed by atoms with van der Waals surface area (Å²) in [5, 5.41) is 0. The Balaban J connectivity index is 1.90. The number of oxazole rings is 1. The molecule has 0 aliphatic rings. The van der Waals surface area contributed by atoms with E-state index >= 15 is 0 Å². The molecular weight excluding hydrogens is 413 g/mol. The number of aromatic nitrogens is 1. The number of ether oxygens (including phenoxy) is 3. The summed E-state index contributed by atoms with van der Waals surface area (Å²) in [4.78, 5) is 18.1. The highest BCUT2D eigenvalue weighted by Gasteiger charge is 2.24. The molecule has 0 saturated heterocycles. The van der Waals surface area contributed by atoms with Crippen LogP contribution in [0.5, 0.6) is 17.2 Å². The van der Waals surface area contributed by atoms with Crippen LogP contribution >= 0.6 is 0 Å². The molecule has 0 aliphatic carbocycles. The second-order valence-electron chi connectivity index (χ2n) is 6.81. The van der Waals surface area contributed by atoms with Crippen molar-refractivity contribution >= 4 is 28.5 Å². The first-order chi connectivity index (χ1) is 15.5. The Bertz CT molecular complexity index is 1270. The first-order valence-corrected chi connectivity index (χ1v) is 9.72. The molecule has 1 heterocycles. The van der Waals surface area contributed by atoms with Gasteiger partial charge < -0.3 is 18.6 Å². The summed E-state index contributed by atoms with van der Waals surface area (Å²) >= 11 is 0. The molecule has 4 aromatic rings. The number of hydrogen-bond acceptors (Lipinski definition) is 6. The Morgan fingerprint density at radius 1 is 0.938 bits per heavy atom. The molecule has 3 aromatic carbocycles. The van der Waals surface area contributed by atoms with Gasteiger partial charge in [-0.05, 0) is 36.4 Å². The summed E-state index contributed by atoms with van der Waals surface area (Å²) in [6.45, 7) is 0. The number of nitrogens with zero attached hydrogens (tertiary/aromatic N) is 1. The lowest BCUT2D eigenvalue weighted by Crippen LogP contribution is -2.06. The van der Waals surface area contributed by atoms with E-state index in [4.69, 9.17) is 18.6 Å². The fourth-order valence-corrected chi connectivity index (χ4v) is 3.33. The maximum atomic E-state index is 14.4. The number of para-hydroxylation sites is 2. The minimum Gasteiger partial charge on any atom is -0.493 e. The van der Waals surface area contributed by atoms with Crippen molar-refractivity contribution in [3.05, 3.63) is 83.5 Å². The summed E-state index contributed by atoms with van der Waals surface area (Å²) in [6.07, 6.45) is 1.42. The molecule has 0 bridgehead atoms. The Labute approximate surface area is 183 Å². The summed E-state index contributed by atoms with van der Waals surface area (Å²) < 4.78 is 36.3. The van der Waals surface area contributed by atoms with E-state index in [0.717, 1.165) is 0 Å². The number of benzene rings is 3. The van der Waals surface area contributed by atoms with Crippen LogP contribution in [0, 0.1) is 5.82 Å². The van der Waals surface area contributed by atoms with Crippen LogP contribution in [0.1, 0.15) is 21.8 Å². The highest BCUT2D eigenvalue weighted by Crippen LogP contribution is 2.39. The topological polar surface area (TPSA) is 70.8 Å². The number of Topliss-reactive ketones (excluding diaryl/α,β-unsaturated/α-hetero) is 1. The van der Waals surface area contributed by atoms with Crippen LogP contribution in [-0.4, -0.2) is 32.1 Å². The Hall–Kier alpha value is -4.13. The molecule has 0 unspecified atom stereocenters. The predicted molar refractivity (Wildman–Crippen MR) is 119 cm³/mol. The lowest BCUT2D eigenvalue weighted by Gasteiger charge is -2.14. The third-order valence-corrected chi connectivity index (χ3v) is 4.90. The number of ketones is 1. The Morgan fingerprint density at radius 3 is 2.22 bits per heavy atom. The average molecular weight is 433 g/mol. The molecule has 0 spiro atoms. The Morgan fingerprint density at radius 2 is 1.59 bits per heavy atom. The molecule has 7 heteroatoms. The van der Waals surface area contributed by atoms with Gasteiger partial charge in [-0.2, -0.15) is 0 Å². The molecule has 4 rings (SSSR count). The normalized spacial score (nSPS) is 11.4. The van der Waals surface area contributed by atoms with Gasteiger partial charge in [-0.25, -0.2) is 9.37 Å². The number of carbonyl (C=O) groups excluding carboxylic acids is 1. The van der Waals surface area contributed by atoms with Crippen molar-refractivity contribution in [1.29, 1.82) is 0 Å². The third kappa shape index (κ3) is 3.92. The van der Waals surface area contributed by atoms with Crippen LogP contribution in [0.2, 0.25) is 0 Å². The molecule has 1 aromatic heterocycles. The zero-order valence-electron chi connectivity index (χ0n) is 17.7. The highest BCUT2D eigenvalue weighted by atomic mass is 19.1. The maximum absolute atomic E-state index is 14.4. The van der Waals surface area contributed by atoms with E-state index in [1.54, 1.807) is 36.4 Å². The zero-order valence-corrected chi connectivity index (χ0v) is 17.7. The molecule has 6 nitrogen and oxygen atoms in total. The minimum atomic E-state index is -0.473. The van der Waals surface area contributed by atoms with Crippen LogP contribution in [0.25, 0.3) is 22.7 Å². The molecule has 162 valence electrons. The molecule has 0 amide bonds. The molecule has 0 N–H and O–H groups in total. The lowest BCUT2D eigenvalue weighted by atomic mass is 9.99. The van der Waals surface area contributed by atoms with Crippen molar-refractivity contribution < 1.29 is 27.8 Å². The van der Waals surface area contributed by atoms with Gasteiger partial charge in [-0.3, -0.25) is 4.79 Å².